The van der Waals surface area contributed by atoms with Crippen molar-refractivity contribution >= 4 is 0 Å². The second-order valence-electron chi connectivity index (χ2n) is 7.04. The minimum absolute atomic E-state index is 0.0947. The summed E-state index contributed by atoms with van der Waals surface area (Å²) in [7, 11) is 0. The van der Waals surface area contributed by atoms with Gasteiger partial charge in [-0.2, -0.15) is 5.10 Å². The predicted molar refractivity (Wildman–Crippen MR) is 71.1 cm³/mol. The molecule has 17 heavy (non-hydrogen) atoms. The molecule has 1 aliphatic heterocycles. The van der Waals surface area contributed by atoms with E-state index in [1.165, 1.54) is 11.3 Å². The smallest absolute Gasteiger partial charge is 0.0546 e. The minimum atomic E-state index is 0.0947. The number of rotatable bonds is 0. The van der Waals surface area contributed by atoms with Crippen LogP contribution in [0.25, 0.3) is 0 Å². The van der Waals surface area contributed by atoms with E-state index < -0.39 is 0 Å². The van der Waals surface area contributed by atoms with Gasteiger partial charge >= 0.3 is 0 Å². The summed E-state index contributed by atoms with van der Waals surface area (Å²) in [4.78, 5) is 2.53. The van der Waals surface area contributed by atoms with Crippen LogP contribution in [0.1, 0.15) is 52.8 Å². The second kappa shape index (κ2) is 3.84. The molecule has 3 nitrogen and oxygen atoms in total. The normalized spacial score (nSPS) is 18.2. The summed E-state index contributed by atoms with van der Waals surface area (Å²) in [5.41, 5.74) is 3.18. The molecule has 0 spiro atoms. The highest BCUT2D eigenvalue weighted by Gasteiger charge is 2.29. The van der Waals surface area contributed by atoms with Crippen molar-refractivity contribution in [3.8, 4) is 0 Å². The van der Waals surface area contributed by atoms with E-state index in [4.69, 9.17) is 0 Å². The van der Waals surface area contributed by atoms with E-state index in [0.29, 0.717) is 0 Å². The van der Waals surface area contributed by atoms with Crippen LogP contribution >= 0.6 is 0 Å². The zero-order valence-electron chi connectivity index (χ0n) is 12.0. The van der Waals surface area contributed by atoms with Crippen LogP contribution in [0, 0.1) is 0 Å². The van der Waals surface area contributed by atoms with Gasteiger partial charge in [0.2, 0.25) is 0 Å². The van der Waals surface area contributed by atoms with Gasteiger partial charge in [0.05, 0.1) is 11.7 Å². The summed E-state index contributed by atoms with van der Waals surface area (Å²) in [6, 6.07) is 0. The highest BCUT2D eigenvalue weighted by molar-refractivity contribution is 5.22. The van der Waals surface area contributed by atoms with Crippen LogP contribution in [0.4, 0.5) is 0 Å². The molecule has 96 valence electrons. The molecule has 0 fully saturated rings. The van der Waals surface area contributed by atoms with Gasteiger partial charge in [0.1, 0.15) is 0 Å². The molecule has 0 bridgehead atoms. The van der Waals surface area contributed by atoms with Gasteiger partial charge in [-0.25, -0.2) is 0 Å². The molecule has 0 unspecified atom stereocenters. The molecule has 1 aromatic heterocycles. The molecule has 0 atom stereocenters. The van der Waals surface area contributed by atoms with E-state index in [0.717, 1.165) is 19.5 Å². The predicted octanol–water partition coefficient (Wildman–Crippen LogP) is 2.79. The Kier molecular flexibility index (Phi) is 2.85. The summed E-state index contributed by atoms with van der Waals surface area (Å²) in [6.07, 6.45) is 3.17. The molecule has 3 heteroatoms. The highest BCUT2D eigenvalue weighted by atomic mass is 15.3. The van der Waals surface area contributed by atoms with E-state index in [1.807, 2.05) is 0 Å². The summed E-state index contributed by atoms with van der Waals surface area (Å²) in [5, 5.41) is 4.58. The molecule has 0 aliphatic carbocycles. The van der Waals surface area contributed by atoms with Crippen molar-refractivity contribution < 1.29 is 0 Å². The van der Waals surface area contributed by atoms with Gasteiger partial charge in [-0.05, 0) is 41.5 Å². The maximum Gasteiger partial charge on any atom is 0.0546 e. The van der Waals surface area contributed by atoms with E-state index in [1.54, 1.807) is 0 Å². The molecule has 1 aliphatic rings. The van der Waals surface area contributed by atoms with Crippen LogP contribution in [0.2, 0.25) is 0 Å². The number of hydrogen-bond donors (Lipinski definition) is 0. The van der Waals surface area contributed by atoms with Gasteiger partial charge in [0.15, 0.2) is 0 Å². The van der Waals surface area contributed by atoms with Crippen molar-refractivity contribution in [2.45, 2.75) is 65.6 Å². The van der Waals surface area contributed by atoms with Crippen molar-refractivity contribution in [3.05, 3.63) is 17.5 Å². The molecular formula is C14H25N3. The molecule has 0 amide bonds. The van der Waals surface area contributed by atoms with E-state index in [9.17, 15) is 0 Å². The van der Waals surface area contributed by atoms with Crippen LogP contribution in [-0.2, 0) is 18.5 Å². The average molecular weight is 235 g/mol. The third-order valence-electron chi connectivity index (χ3n) is 3.52. The van der Waals surface area contributed by atoms with Crippen molar-refractivity contribution in [1.82, 2.24) is 14.7 Å². The largest absolute Gasteiger partial charge is 0.294 e. The lowest BCUT2D eigenvalue weighted by Crippen LogP contribution is -2.44. The van der Waals surface area contributed by atoms with Crippen molar-refractivity contribution in [3.63, 3.8) is 0 Å². The Morgan fingerprint density at radius 2 is 1.71 bits per heavy atom. The Hall–Kier alpha value is -0.830. The average Bonchev–Trinajstić information content (AvgIpc) is 2.57. The van der Waals surface area contributed by atoms with Gasteiger partial charge in [-0.15, -0.1) is 0 Å². The first-order valence-electron chi connectivity index (χ1n) is 6.51. The van der Waals surface area contributed by atoms with Crippen LogP contribution in [-0.4, -0.2) is 26.8 Å². The SMILES string of the molecule is CC(C)(C)N1CCc2c(cnn2C(C)(C)C)C1. The number of aromatic nitrogens is 2. The van der Waals surface area contributed by atoms with Gasteiger partial charge < -0.3 is 0 Å². The molecule has 1 aromatic rings. The van der Waals surface area contributed by atoms with Crippen molar-refractivity contribution in [2.24, 2.45) is 0 Å². The minimum Gasteiger partial charge on any atom is -0.294 e. The third-order valence-corrected chi connectivity index (χ3v) is 3.52. The topological polar surface area (TPSA) is 21.1 Å². The number of fused-ring (bicyclic) bond motifs is 1. The standard InChI is InChI=1S/C14H25N3/c1-13(2,3)16-8-7-12-11(10-16)9-15-17(12)14(4,5)6/h9H,7-8,10H2,1-6H3. The molecule has 0 radical (unpaired) electrons. The van der Waals surface area contributed by atoms with Crippen molar-refractivity contribution in [2.75, 3.05) is 6.54 Å². The molecule has 0 N–H and O–H groups in total. The van der Waals surface area contributed by atoms with Gasteiger partial charge in [-0.3, -0.25) is 9.58 Å². The first kappa shape index (κ1) is 12.6. The first-order chi connectivity index (χ1) is 7.69. The maximum atomic E-state index is 4.58. The molecule has 0 aromatic carbocycles. The van der Waals surface area contributed by atoms with Gasteiger partial charge in [0, 0.05) is 36.3 Å². The Bertz CT molecular complexity index is 404. The lowest BCUT2D eigenvalue weighted by molar-refractivity contribution is 0.118. The Balaban J connectivity index is 2.28. The van der Waals surface area contributed by atoms with Crippen LogP contribution < -0.4 is 0 Å². The second-order valence-corrected chi connectivity index (χ2v) is 7.04. The quantitative estimate of drug-likeness (QED) is 0.689. The Morgan fingerprint density at radius 3 is 2.24 bits per heavy atom. The summed E-state index contributed by atoms with van der Waals surface area (Å²) in [5.74, 6) is 0. The maximum absolute atomic E-state index is 4.58. The molecule has 2 rings (SSSR count). The highest BCUT2D eigenvalue weighted by Crippen LogP contribution is 2.27. The lowest BCUT2D eigenvalue weighted by atomic mass is 9.99. The fourth-order valence-corrected chi connectivity index (χ4v) is 2.48. The van der Waals surface area contributed by atoms with Crippen molar-refractivity contribution in [1.29, 1.82) is 0 Å². The van der Waals surface area contributed by atoms with E-state index >= 15 is 0 Å². The molecule has 0 saturated heterocycles. The third kappa shape index (κ3) is 2.39. The first-order valence-corrected chi connectivity index (χ1v) is 6.51. The lowest BCUT2D eigenvalue weighted by Gasteiger charge is -2.38. The monoisotopic (exact) mass is 235 g/mol. The summed E-state index contributed by atoms with van der Waals surface area (Å²) in [6.45, 7) is 15.7. The fourth-order valence-electron chi connectivity index (χ4n) is 2.48. The summed E-state index contributed by atoms with van der Waals surface area (Å²) < 4.78 is 2.20. The van der Waals surface area contributed by atoms with E-state index in [-0.39, 0.29) is 11.1 Å². The molecule has 2 heterocycles. The molecule has 0 saturated carbocycles. The Morgan fingerprint density at radius 1 is 1.06 bits per heavy atom. The Labute approximate surface area is 105 Å². The molecular weight excluding hydrogens is 210 g/mol. The number of nitrogens with zero attached hydrogens (tertiary/aromatic N) is 3. The van der Waals surface area contributed by atoms with Crippen LogP contribution in [0.15, 0.2) is 6.20 Å². The van der Waals surface area contributed by atoms with Crippen LogP contribution in [0.5, 0.6) is 0 Å². The zero-order chi connectivity index (χ0) is 12.8. The fraction of sp³-hybridized carbons (Fsp3) is 0.786. The van der Waals surface area contributed by atoms with Gasteiger partial charge in [0.25, 0.3) is 0 Å². The van der Waals surface area contributed by atoms with Gasteiger partial charge in [-0.1, -0.05) is 0 Å². The summed E-state index contributed by atoms with van der Waals surface area (Å²) >= 11 is 0. The number of hydrogen-bond acceptors (Lipinski definition) is 2. The van der Waals surface area contributed by atoms with Crippen LogP contribution in [0.3, 0.4) is 0 Å². The zero-order valence-corrected chi connectivity index (χ0v) is 12.0. The van der Waals surface area contributed by atoms with E-state index in [2.05, 4.69) is 62.4 Å².